The highest BCUT2D eigenvalue weighted by molar-refractivity contribution is 7.96. The van der Waals surface area contributed by atoms with Gasteiger partial charge in [-0.15, -0.1) is 0 Å². The number of rotatable bonds is 32. The van der Waals surface area contributed by atoms with Crippen molar-refractivity contribution in [3.05, 3.63) is 113 Å². The van der Waals surface area contributed by atoms with Gasteiger partial charge in [0.05, 0.1) is 11.6 Å². The first-order valence-electron chi connectivity index (χ1n) is 24.8. The van der Waals surface area contributed by atoms with E-state index >= 15 is 0 Å². The highest BCUT2D eigenvalue weighted by atomic mass is 32.4. The Bertz CT molecular complexity index is 2760. The number of pyridine rings is 1. The molecule has 0 aliphatic heterocycles. The second-order valence-electron chi connectivity index (χ2n) is 17.8. The van der Waals surface area contributed by atoms with Crippen LogP contribution >= 0.6 is 7.36 Å². The van der Waals surface area contributed by atoms with Crippen molar-refractivity contribution >= 4 is 95.2 Å². The Morgan fingerprint density at radius 2 is 1.12 bits per heavy atom. The first kappa shape index (κ1) is 64.0. The lowest BCUT2D eigenvalue weighted by Crippen LogP contribution is -2.51. The highest BCUT2D eigenvalue weighted by Gasteiger charge is 2.30. The third-order valence-electron chi connectivity index (χ3n) is 11.8. The second-order valence-corrected chi connectivity index (χ2v) is 19.5. The minimum absolute atomic E-state index is 0.0390. The molecule has 0 saturated carbocycles. The molecule has 11 N–H and O–H groups in total. The predicted molar refractivity (Wildman–Crippen MR) is 287 cm³/mol. The zero-order chi connectivity index (χ0) is 57.7. The van der Waals surface area contributed by atoms with E-state index in [0.717, 1.165) is 29.9 Å². The number of Topliss-reactive ketones (excluding diaryl/α,β-unsaturated/α-hetero) is 1. The van der Waals surface area contributed by atoms with Gasteiger partial charge in [-0.05, 0) is 105 Å². The normalized spacial score (nSPS) is 12.6. The lowest BCUT2D eigenvalue weighted by Gasteiger charge is -2.21. The molecule has 6 amide bonds. The summed E-state index contributed by atoms with van der Waals surface area (Å²) in [6, 6.07) is 15.6. The number of urea groups is 1. The molecule has 0 saturated heterocycles. The Morgan fingerprint density at radius 3 is 1.69 bits per heavy atom. The smallest absolute Gasteiger partial charge is 0.326 e. The van der Waals surface area contributed by atoms with Crippen LogP contribution in [0.4, 0.5) is 4.79 Å². The Morgan fingerprint density at radius 1 is 0.577 bits per heavy atom. The standard InChI is InChI=1S/C51H59N7O16.C2H5PS/c1-29-9-13-36(28-53-29)47(68)55-37(18-21-43(62)63)41(59)26-35(17-20-42(60)61)45(66)54-27-30-10-15-33(16-11-30)46(67)56-40(25-31-12-14-32-6-2-3-7-34(32)24-31)48(69)52-23-5-4-8-38(49(70)71)57-51(74)58-39(50(72)73)19-22-44(64)65;1-2-3-4/h2-3,6-7,9-16,24,28,35,37-40H,4-5,8,17-23,25-27H2,1H3,(H,52,69)(H,54,66)(H,55,68)(H,56,67)(H,60,61)(H,62,63)(H,64,65)(H,70,71)(H,72,73)(H2,57,58,74);2H2,1H3/t35-,37+,38+,39+,40+;/m1./s1. The number of carbonyl (C=O) groups excluding carboxylic acids is 6. The third kappa shape index (κ3) is 23.8. The molecule has 78 heavy (non-hydrogen) atoms. The number of ketones is 1. The Balaban J connectivity index is 0.00000386. The van der Waals surface area contributed by atoms with Crippen LogP contribution < -0.4 is 31.9 Å². The fourth-order valence-electron chi connectivity index (χ4n) is 7.54. The number of aliphatic carboxylic acids is 5. The van der Waals surface area contributed by atoms with Gasteiger partial charge in [-0.1, -0.05) is 73.3 Å². The van der Waals surface area contributed by atoms with Crippen LogP contribution in [0.5, 0.6) is 0 Å². The SMILES string of the molecule is CCP=S.Cc1ccc(C(=O)N[C@@H](CCC(=O)O)C(=O)C[C@@H](CCC(=O)O)C(=O)NCc2ccc(C(=O)N[C@@H](Cc3ccc4ccccc4c3)C(=O)NCCCC[C@H](NC(=O)N[C@@H](CCC(=O)O)C(=O)O)C(=O)O)cc2)cn1. The van der Waals surface area contributed by atoms with E-state index in [2.05, 4.69) is 55.6 Å². The summed E-state index contributed by atoms with van der Waals surface area (Å²) in [4.78, 5) is 141. The average molecular weight is 1120 g/mol. The van der Waals surface area contributed by atoms with Crippen molar-refractivity contribution in [2.75, 3.05) is 12.7 Å². The van der Waals surface area contributed by atoms with Crippen LogP contribution in [0.1, 0.15) is 109 Å². The van der Waals surface area contributed by atoms with E-state index in [9.17, 15) is 73.2 Å². The van der Waals surface area contributed by atoms with Gasteiger partial charge >= 0.3 is 35.9 Å². The molecule has 5 atom stereocenters. The number of carboxylic acid groups (broad SMARTS) is 5. The number of hydrogen-bond donors (Lipinski definition) is 11. The highest BCUT2D eigenvalue weighted by Crippen LogP contribution is 2.19. The summed E-state index contributed by atoms with van der Waals surface area (Å²) in [6.07, 6.45) is -0.210. The maximum absolute atomic E-state index is 13.7. The van der Waals surface area contributed by atoms with Crippen molar-refractivity contribution in [3.63, 3.8) is 0 Å². The molecule has 0 spiro atoms. The van der Waals surface area contributed by atoms with Gasteiger partial charge in [0.15, 0.2) is 5.78 Å². The number of hydrogen-bond acceptors (Lipinski definition) is 13. The molecule has 3 aromatic carbocycles. The van der Waals surface area contributed by atoms with Gasteiger partial charge in [-0.2, -0.15) is 0 Å². The van der Waals surface area contributed by atoms with Crippen molar-refractivity contribution in [2.45, 2.75) is 115 Å². The molecule has 25 heteroatoms. The number of nitrogens with zero attached hydrogens (tertiary/aromatic N) is 1. The molecular weight excluding hydrogens is 1050 g/mol. The number of unbranched alkanes of at least 4 members (excludes halogenated alkanes) is 1. The molecule has 1 heterocycles. The molecule has 0 fully saturated rings. The van der Waals surface area contributed by atoms with E-state index in [1.165, 1.54) is 36.5 Å². The van der Waals surface area contributed by atoms with Gasteiger partial charge in [0.1, 0.15) is 18.1 Å². The molecule has 4 aromatic rings. The van der Waals surface area contributed by atoms with Crippen molar-refractivity contribution < 1.29 is 78.3 Å². The van der Waals surface area contributed by atoms with Gasteiger partial charge < -0.3 is 57.4 Å². The minimum atomic E-state index is -1.57. The van der Waals surface area contributed by atoms with Gasteiger partial charge in [0.25, 0.3) is 11.8 Å². The molecule has 23 nitrogen and oxygen atoms in total. The van der Waals surface area contributed by atoms with Crippen LogP contribution in [0, 0.1) is 12.8 Å². The van der Waals surface area contributed by atoms with Gasteiger partial charge in [-0.3, -0.25) is 43.3 Å². The summed E-state index contributed by atoms with van der Waals surface area (Å²) in [5, 5.41) is 63.3. The van der Waals surface area contributed by atoms with Gasteiger partial charge in [0, 0.05) is 68.6 Å². The maximum atomic E-state index is 13.7. The van der Waals surface area contributed by atoms with Crippen LogP contribution in [-0.4, -0.2) is 133 Å². The second kappa shape index (κ2) is 33.7. The number of carboxylic acids is 5. The van der Waals surface area contributed by atoms with E-state index in [1.807, 2.05) is 42.5 Å². The van der Waals surface area contributed by atoms with Crippen LogP contribution in [0.3, 0.4) is 0 Å². The molecule has 0 radical (unpaired) electrons. The first-order valence-corrected chi connectivity index (χ1v) is 26.9. The quantitative estimate of drug-likeness (QED) is 0.0239. The van der Waals surface area contributed by atoms with Crippen molar-refractivity contribution in [3.8, 4) is 0 Å². The summed E-state index contributed by atoms with van der Waals surface area (Å²) in [5.74, 6) is -11.1. The van der Waals surface area contributed by atoms with Crippen molar-refractivity contribution in [1.29, 1.82) is 0 Å². The topological polar surface area (TPSA) is 374 Å². The molecular formula is C53H64N7O16PS. The summed E-state index contributed by atoms with van der Waals surface area (Å²) < 4.78 is 0. The number of aromatic nitrogens is 1. The summed E-state index contributed by atoms with van der Waals surface area (Å²) >= 11 is 4.53. The van der Waals surface area contributed by atoms with E-state index in [4.69, 9.17) is 5.11 Å². The lowest BCUT2D eigenvalue weighted by molar-refractivity contribution is -0.141. The fourth-order valence-corrected chi connectivity index (χ4v) is 7.54. The Labute approximate surface area is 455 Å². The van der Waals surface area contributed by atoms with E-state index in [0.29, 0.717) is 11.3 Å². The molecule has 1 aromatic heterocycles. The summed E-state index contributed by atoms with van der Waals surface area (Å²) in [6.45, 7) is 3.70. The average Bonchev–Trinajstić information content (AvgIpc) is 3.40. The zero-order valence-electron chi connectivity index (χ0n) is 42.9. The molecule has 0 unspecified atom stereocenters. The molecule has 0 aliphatic rings. The van der Waals surface area contributed by atoms with E-state index < -0.39 is 127 Å². The van der Waals surface area contributed by atoms with Crippen LogP contribution in [-0.2, 0) is 63.1 Å². The summed E-state index contributed by atoms with van der Waals surface area (Å²) in [7, 11) is 1.08. The number of carbonyl (C=O) groups is 11. The molecule has 0 bridgehead atoms. The van der Waals surface area contributed by atoms with Crippen LogP contribution in [0.2, 0.25) is 0 Å². The Kier molecular flexibility index (Phi) is 27.7. The predicted octanol–water partition coefficient (Wildman–Crippen LogP) is 4.38. The van der Waals surface area contributed by atoms with Crippen molar-refractivity contribution in [1.82, 2.24) is 36.9 Å². The third-order valence-corrected chi connectivity index (χ3v) is 12.8. The van der Waals surface area contributed by atoms with Crippen LogP contribution in [0.15, 0.2) is 85.1 Å². The number of nitrogens with one attached hydrogen (secondary N) is 6. The zero-order valence-corrected chi connectivity index (χ0v) is 44.6. The molecule has 4 rings (SSSR count). The van der Waals surface area contributed by atoms with Crippen LogP contribution in [0.25, 0.3) is 10.8 Å². The number of aryl methyl sites for hydroxylation is 1. The first-order chi connectivity index (χ1) is 37.1. The number of amides is 6. The summed E-state index contributed by atoms with van der Waals surface area (Å²) in [5.41, 5.74) is 2.12. The van der Waals surface area contributed by atoms with Gasteiger partial charge in [0.2, 0.25) is 11.8 Å². The monoisotopic (exact) mass is 1120 g/mol. The number of fused-ring (bicyclic) bond motifs is 1. The fraction of sp³-hybridized carbons (Fsp3) is 0.396. The van der Waals surface area contributed by atoms with E-state index in [-0.39, 0.29) is 62.7 Å². The minimum Gasteiger partial charge on any atom is -0.481 e. The number of benzene rings is 3. The lowest BCUT2D eigenvalue weighted by atomic mass is 9.91. The maximum Gasteiger partial charge on any atom is 0.326 e. The molecule has 418 valence electrons. The van der Waals surface area contributed by atoms with Gasteiger partial charge in [-0.25, -0.2) is 14.4 Å². The molecule has 0 aliphatic carbocycles. The largest absolute Gasteiger partial charge is 0.481 e. The van der Waals surface area contributed by atoms with Crippen molar-refractivity contribution in [2.24, 2.45) is 5.92 Å². The van der Waals surface area contributed by atoms with E-state index in [1.54, 1.807) is 13.0 Å². The Hall–Kier alpha value is -8.24.